The first kappa shape index (κ1) is 22.3. The predicted octanol–water partition coefficient (Wildman–Crippen LogP) is 4.64. The van der Waals surface area contributed by atoms with Crippen molar-refractivity contribution in [1.82, 2.24) is 9.97 Å². The van der Waals surface area contributed by atoms with Crippen molar-refractivity contribution < 1.29 is 13.2 Å². The van der Waals surface area contributed by atoms with Crippen molar-refractivity contribution in [3.63, 3.8) is 0 Å². The number of benzene rings is 3. The molecule has 0 fully saturated rings. The molecule has 1 aromatic heterocycles. The normalized spacial score (nSPS) is 11.2. The average Bonchev–Trinajstić information content (AvgIpc) is 2.80. The lowest BCUT2D eigenvalue weighted by molar-refractivity contribution is 0.340. The molecule has 4 rings (SSSR count). The molecule has 0 saturated heterocycles. The predicted molar refractivity (Wildman–Crippen MR) is 132 cm³/mol. The van der Waals surface area contributed by atoms with Crippen LogP contribution in [0.15, 0.2) is 77.7 Å². The van der Waals surface area contributed by atoms with E-state index in [0.29, 0.717) is 29.2 Å². The van der Waals surface area contributed by atoms with E-state index in [9.17, 15) is 8.42 Å². The Balaban J connectivity index is 1.69. The SMILES string of the molecule is CCOc1ccc(S(=O)(=O)Nc2nc3ccccc3nc2Nc2ccc(N(C)C)cc2)cc1. The minimum atomic E-state index is -3.90. The molecule has 8 nitrogen and oxygen atoms in total. The van der Waals surface area contributed by atoms with Gasteiger partial charge in [0.2, 0.25) is 0 Å². The summed E-state index contributed by atoms with van der Waals surface area (Å²) in [6.45, 7) is 2.37. The standard InChI is InChI=1S/C24H25N5O3S/c1-4-32-19-13-15-20(16-14-19)33(30,31)28-24-23(26-21-7-5-6-8-22(21)27-24)25-17-9-11-18(12-10-17)29(2)3/h5-16H,4H2,1-3H3,(H,25,26)(H,27,28). The van der Waals surface area contributed by atoms with E-state index >= 15 is 0 Å². The second-order valence-electron chi connectivity index (χ2n) is 7.49. The summed E-state index contributed by atoms with van der Waals surface area (Å²) < 4.78 is 34.1. The molecule has 2 N–H and O–H groups in total. The van der Waals surface area contributed by atoms with Crippen molar-refractivity contribution in [3.8, 4) is 5.75 Å². The number of para-hydroxylation sites is 2. The van der Waals surface area contributed by atoms with Crippen LogP contribution in [0.3, 0.4) is 0 Å². The number of hydrogen-bond acceptors (Lipinski definition) is 7. The van der Waals surface area contributed by atoms with Crippen LogP contribution in [0.2, 0.25) is 0 Å². The zero-order valence-electron chi connectivity index (χ0n) is 18.6. The number of sulfonamides is 1. The molecule has 4 aromatic rings. The van der Waals surface area contributed by atoms with Gasteiger partial charge >= 0.3 is 0 Å². The Morgan fingerprint density at radius 1 is 0.848 bits per heavy atom. The van der Waals surface area contributed by atoms with Crippen LogP contribution in [0.1, 0.15) is 6.92 Å². The lowest BCUT2D eigenvalue weighted by Crippen LogP contribution is -2.16. The van der Waals surface area contributed by atoms with Crippen LogP contribution in [-0.4, -0.2) is 39.1 Å². The van der Waals surface area contributed by atoms with Gasteiger partial charge in [0, 0.05) is 25.5 Å². The highest BCUT2D eigenvalue weighted by Gasteiger charge is 2.19. The lowest BCUT2D eigenvalue weighted by atomic mass is 10.2. The van der Waals surface area contributed by atoms with Crippen molar-refractivity contribution >= 4 is 44.1 Å². The summed E-state index contributed by atoms with van der Waals surface area (Å²) in [5.41, 5.74) is 3.03. The molecule has 170 valence electrons. The van der Waals surface area contributed by atoms with Gasteiger partial charge in [0.05, 0.1) is 22.5 Å². The zero-order valence-corrected chi connectivity index (χ0v) is 19.4. The Labute approximate surface area is 193 Å². The molecule has 9 heteroatoms. The van der Waals surface area contributed by atoms with Gasteiger partial charge in [-0.25, -0.2) is 18.4 Å². The monoisotopic (exact) mass is 463 g/mol. The van der Waals surface area contributed by atoms with Gasteiger partial charge in [-0.1, -0.05) is 12.1 Å². The van der Waals surface area contributed by atoms with Crippen molar-refractivity contribution in [1.29, 1.82) is 0 Å². The average molecular weight is 464 g/mol. The van der Waals surface area contributed by atoms with Crippen LogP contribution in [0, 0.1) is 0 Å². The first-order valence-electron chi connectivity index (χ1n) is 10.4. The zero-order chi connectivity index (χ0) is 23.4. The van der Waals surface area contributed by atoms with E-state index in [1.165, 1.54) is 12.1 Å². The van der Waals surface area contributed by atoms with Gasteiger partial charge in [0.25, 0.3) is 10.0 Å². The highest BCUT2D eigenvalue weighted by molar-refractivity contribution is 7.92. The van der Waals surface area contributed by atoms with Gasteiger partial charge < -0.3 is 15.0 Å². The van der Waals surface area contributed by atoms with Gasteiger partial charge in [-0.15, -0.1) is 0 Å². The topological polar surface area (TPSA) is 96.5 Å². The number of ether oxygens (including phenoxy) is 1. The van der Waals surface area contributed by atoms with E-state index < -0.39 is 10.0 Å². The summed E-state index contributed by atoms with van der Waals surface area (Å²) >= 11 is 0. The molecule has 0 bridgehead atoms. The Morgan fingerprint density at radius 3 is 2.03 bits per heavy atom. The molecule has 0 aliphatic heterocycles. The van der Waals surface area contributed by atoms with Gasteiger partial charge in [-0.3, -0.25) is 4.72 Å². The fourth-order valence-electron chi connectivity index (χ4n) is 3.21. The molecule has 0 aliphatic rings. The molecule has 1 heterocycles. The first-order chi connectivity index (χ1) is 15.9. The van der Waals surface area contributed by atoms with Crippen molar-refractivity contribution in [2.45, 2.75) is 11.8 Å². The number of aromatic nitrogens is 2. The second kappa shape index (κ2) is 9.33. The van der Waals surface area contributed by atoms with Crippen molar-refractivity contribution in [3.05, 3.63) is 72.8 Å². The summed E-state index contributed by atoms with van der Waals surface area (Å²) in [7, 11) is 0.0255. The van der Waals surface area contributed by atoms with Crippen LogP contribution in [0.5, 0.6) is 5.75 Å². The number of rotatable bonds is 8. The third kappa shape index (κ3) is 5.15. The van der Waals surface area contributed by atoms with E-state index in [0.717, 1.165) is 11.4 Å². The molecule has 0 aliphatic carbocycles. The molecule has 0 radical (unpaired) electrons. The van der Waals surface area contributed by atoms with Crippen LogP contribution in [0.4, 0.5) is 23.0 Å². The highest BCUT2D eigenvalue weighted by atomic mass is 32.2. The van der Waals surface area contributed by atoms with Crippen molar-refractivity contribution in [2.75, 3.05) is 35.6 Å². The van der Waals surface area contributed by atoms with Gasteiger partial charge in [0.1, 0.15) is 5.75 Å². The Kier molecular flexibility index (Phi) is 6.32. The molecule has 3 aromatic carbocycles. The third-order valence-electron chi connectivity index (χ3n) is 4.89. The molecular formula is C24H25N5O3S. The molecule has 33 heavy (non-hydrogen) atoms. The maximum absolute atomic E-state index is 13.1. The largest absolute Gasteiger partial charge is 0.494 e. The maximum Gasteiger partial charge on any atom is 0.263 e. The number of nitrogens with zero attached hydrogens (tertiary/aromatic N) is 3. The molecule has 0 amide bonds. The Hall–Kier alpha value is -3.85. The quantitative estimate of drug-likeness (QED) is 0.393. The third-order valence-corrected chi connectivity index (χ3v) is 6.25. The van der Waals surface area contributed by atoms with Gasteiger partial charge in [-0.05, 0) is 67.6 Å². The van der Waals surface area contributed by atoms with Crippen molar-refractivity contribution in [2.24, 2.45) is 0 Å². The van der Waals surface area contributed by atoms with E-state index in [2.05, 4.69) is 20.0 Å². The fourth-order valence-corrected chi connectivity index (χ4v) is 4.21. The van der Waals surface area contributed by atoms with E-state index in [4.69, 9.17) is 4.74 Å². The second-order valence-corrected chi connectivity index (χ2v) is 9.17. The van der Waals surface area contributed by atoms with E-state index in [-0.39, 0.29) is 10.7 Å². The minimum absolute atomic E-state index is 0.0993. The summed E-state index contributed by atoms with van der Waals surface area (Å²) in [6.07, 6.45) is 0. The Morgan fingerprint density at radius 2 is 1.45 bits per heavy atom. The molecular weight excluding hydrogens is 438 g/mol. The molecule has 0 spiro atoms. The minimum Gasteiger partial charge on any atom is -0.494 e. The number of fused-ring (bicyclic) bond motifs is 1. The number of anilines is 4. The number of nitrogens with one attached hydrogen (secondary N) is 2. The van der Waals surface area contributed by atoms with Crippen LogP contribution in [0.25, 0.3) is 11.0 Å². The van der Waals surface area contributed by atoms with Gasteiger partial charge in [-0.2, -0.15) is 0 Å². The van der Waals surface area contributed by atoms with E-state index in [1.807, 2.05) is 68.4 Å². The van der Waals surface area contributed by atoms with Crippen LogP contribution >= 0.6 is 0 Å². The Bertz CT molecular complexity index is 1360. The number of hydrogen-bond donors (Lipinski definition) is 2. The highest BCUT2D eigenvalue weighted by Crippen LogP contribution is 2.28. The fraction of sp³-hybridized carbons (Fsp3) is 0.167. The van der Waals surface area contributed by atoms with Gasteiger partial charge in [0.15, 0.2) is 11.6 Å². The summed E-state index contributed by atoms with van der Waals surface area (Å²) in [5, 5.41) is 3.19. The molecule has 0 atom stereocenters. The molecule has 0 saturated carbocycles. The summed E-state index contributed by atoms with van der Waals surface area (Å²) in [6, 6.07) is 21.2. The van der Waals surface area contributed by atoms with Crippen LogP contribution < -0.4 is 19.7 Å². The smallest absolute Gasteiger partial charge is 0.263 e. The molecule has 0 unspecified atom stereocenters. The lowest BCUT2D eigenvalue weighted by Gasteiger charge is -2.15. The van der Waals surface area contributed by atoms with Crippen LogP contribution in [-0.2, 0) is 10.0 Å². The van der Waals surface area contributed by atoms with E-state index in [1.54, 1.807) is 18.2 Å². The maximum atomic E-state index is 13.1. The summed E-state index contributed by atoms with van der Waals surface area (Å²) in [4.78, 5) is 11.2. The summed E-state index contributed by atoms with van der Waals surface area (Å²) in [5.74, 6) is 1.02. The first-order valence-corrected chi connectivity index (χ1v) is 11.9.